The van der Waals surface area contributed by atoms with E-state index in [0.717, 1.165) is 17.4 Å². The fourth-order valence-corrected chi connectivity index (χ4v) is 2.57. The van der Waals surface area contributed by atoms with Gasteiger partial charge in [-0.15, -0.1) is 0 Å². The Hall–Kier alpha value is -0.630. The van der Waals surface area contributed by atoms with E-state index in [0.29, 0.717) is 17.0 Å². The highest BCUT2D eigenvalue weighted by Gasteiger charge is 2.25. The van der Waals surface area contributed by atoms with Gasteiger partial charge in [0.25, 0.3) is 0 Å². The summed E-state index contributed by atoms with van der Waals surface area (Å²) in [5, 5.41) is 0.591. The predicted molar refractivity (Wildman–Crippen MR) is 66.9 cm³/mol. The number of nitrogens with zero attached hydrogens (tertiary/aromatic N) is 2. The number of halogens is 1. The lowest BCUT2D eigenvalue weighted by Gasteiger charge is -2.12. The summed E-state index contributed by atoms with van der Waals surface area (Å²) >= 11 is 6.06. The molecule has 2 nitrogen and oxygen atoms in total. The first-order valence-corrected chi connectivity index (χ1v) is 6.48. The van der Waals surface area contributed by atoms with Crippen LogP contribution < -0.4 is 0 Å². The van der Waals surface area contributed by atoms with Crippen molar-refractivity contribution in [2.75, 3.05) is 0 Å². The quantitative estimate of drug-likeness (QED) is 0.724. The topological polar surface area (TPSA) is 25.8 Å². The first-order valence-electron chi connectivity index (χ1n) is 6.10. The van der Waals surface area contributed by atoms with Gasteiger partial charge in [-0.05, 0) is 37.2 Å². The van der Waals surface area contributed by atoms with Gasteiger partial charge in [0.1, 0.15) is 11.0 Å². The monoisotopic (exact) mass is 238 g/mol. The van der Waals surface area contributed by atoms with Crippen molar-refractivity contribution >= 4 is 11.6 Å². The molecule has 0 amide bonds. The van der Waals surface area contributed by atoms with Gasteiger partial charge >= 0.3 is 0 Å². The van der Waals surface area contributed by atoms with Gasteiger partial charge in [0.15, 0.2) is 0 Å². The Morgan fingerprint density at radius 3 is 2.62 bits per heavy atom. The Bertz CT molecular complexity index is 376. The van der Waals surface area contributed by atoms with Gasteiger partial charge in [0.05, 0.1) is 0 Å². The van der Waals surface area contributed by atoms with Crippen LogP contribution in [-0.4, -0.2) is 9.97 Å². The maximum absolute atomic E-state index is 6.06. The van der Waals surface area contributed by atoms with Crippen LogP contribution in [0.4, 0.5) is 0 Å². The molecule has 2 rings (SSSR count). The van der Waals surface area contributed by atoms with E-state index in [1.54, 1.807) is 0 Å². The molecule has 1 aliphatic carbocycles. The van der Waals surface area contributed by atoms with Crippen LogP contribution in [0.3, 0.4) is 0 Å². The number of hydrogen-bond acceptors (Lipinski definition) is 2. The molecule has 3 heteroatoms. The average Bonchev–Trinajstić information content (AvgIpc) is 2.64. The Morgan fingerprint density at radius 1 is 1.31 bits per heavy atom. The minimum absolute atomic E-state index is 0.415. The summed E-state index contributed by atoms with van der Waals surface area (Å²) in [6.45, 7) is 6.58. The summed E-state index contributed by atoms with van der Waals surface area (Å²) in [5.41, 5.74) is 1.06. The number of rotatable bonds is 2. The highest BCUT2D eigenvalue weighted by molar-refractivity contribution is 6.29. The van der Waals surface area contributed by atoms with E-state index in [2.05, 4.69) is 30.7 Å². The molecule has 0 bridgehead atoms. The van der Waals surface area contributed by atoms with Crippen LogP contribution in [-0.2, 0) is 0 Å². The largest absolute Gasteiger partial charge is 0.237 e. The minimum atomic E-state index is 0.415. The second-order valence-corrected chi connectivity index (χ2v) is 5.63. The van der Waals surface area contributed by atoms with E-state index in [1.807, 2.05) is 6.07 Å². The smallest absolute Gasteiger partial charge is 0.133 e. The zero-order valence-corrected chi connectivity index (χ0v) is 11.0. The Balaban J connectivity index is 2.27. The van der Waals surface area contributed by atoms with E-state index in [-0.39, 0.29) is 0 Å². The standard InChI is InChI=1S/C13H19ClN2/c1-8(2)11-7-12(14)16-13(15-11)10-5-4-9(3)6-10/h7-10H,4-6H2,1-3H3. The second kappa shape index (κ2) is 4.70. The Labute approximate surface area is 102 Å². The molecule has 0 saturated heterocycles. The van der Waals surface area contributed by atoms with Crippen molar-refractivity contribution < 1.29 is 0 Å². The van der Waals surface area contributed by atoms with Crippen molar-refractivity contribution in [2.45, 2.75) is 51.9 Å². The molecule has 1 saturated carbocycles. The molecule has 2 unspecified atom stereocenters. The van der Waals surface area contributed by atoms with Gasteiger partial charge in [-0.3, -0.25) is 0 Å². The summed E-state index contributed by atoms with van der Waals surface area (Å²) in [6.07, 6.45) is 3.70. The molecule has 2 atom stereocenters. The van der Waals surface area contributed by atoms with Crippen LogP contribution in [0.15, 0.2) is 6.07 Å². The fourth-order valence-electron chi connectivity index (χ4n) is 2.37. The van der Waals surface area contributed by atoms with Crippen LogP contribution in [0.1, 0.15) is 63.4 Å². The molecule has 0 spiro atoms. The lowest BCUT2D eigenvalue weighted by Crippen LogP contribution is -2.05. The third kappa shape index (κ3) is 2.54. The van der Waals surface area contributed by atoms with E-state index in [1.165, 1.54) is 19.3 Å². The van der Waals surface area contributed by atoms with Crippen LogP contribution in [0.2, 0.25) is 5.15 Å². The summed E-state index contributed by atoms with van der Waals surface area (Å²) in [5.74, 6) is 2.69. The van der Waals surface area contributed by atoms with E-state index in [9.17, 15) is 0 Å². The van der Waals surface area contributed by atoms with Crippen LogP contribution in [0.5, 0.6) is 0 Å². The SMILES string of the molecule is CC1CCC(c2nc(Cl)cc(C(C)C)n2)C1. The molecule has 1 aromatic heterocycles. The van der Waals surface area contributed by atoms with Gasteiger partial charge in [-0.1, -0.05) is 32.4 Å². The van der Waals surface area contributed by atoms with E-state index in [4.69, 9.17) is 11.6 Å². The van der Waals surface area contributed by atoms with Gasteiger partial charge in [-0.2, -0.15) is 0 Å². The summed E-state index contributed by atoms with van der Waals surface area (Å²) < 4.78 is 0. The first kappa shape index (κ1) is 11.8. The van der Waals surface area contributed by atoms with Crippen LogP contribution in [0, 0.1) is 5.92 Å². The summed E-state index contributed by atoms with van der Waals surface area (Å²) in [6, 6.07) is 1.88. The Kier molecular flexibility index (Phi) is 3.48. The molecule has 1 heterocycles. The molecule has 1 fully saturated rings. The Morgan fingerprint density at radius 2 is 2.06 bits per heavy atom. The van der Waals surface area contributed by atoms with Crippen molar-refractivity contribution in [3.05, 3.63) is 22.7 Å². The third-order valence-electron chi connectivity index (χ3n) is 3.38. The molecule has 16 heavy (non-hydrogen) atoms. The van der Waals surface area contributed by atoms with Crippen molar-refractivity contribution in [2.24, 2.45) is 5.92 Å². The van der Waals surface area contributed by atoms with Crippen molar-refractivity contribution in [1.29, 1.82) is 0 Å². The van der Waals surface area contributed by atoms with Crippen LogP contribution >= 0.6 is 11.6 Å². The number of aromatic nitrogens is 2. The van der Waals surface area contributed by atoms with E-state index >= 15 is 0 Å². The molecule has 0 N–H and O–H groups in total. The van der Waals surface area contributed by atoms with Gasteiger partial charge in [-0.25, -0.2) is 9.97 Å². The first-order chi connectivity index (χ1) is 7.56. The molecule has 0 radical (unpaired) electrons. The lowest BCUT2D eigenvalue weighted by atomic mass is 10.0. The molecular formula is C13H19ClN2. The summed E-state index contributed by atoms with van der Waals surface area (Å²) in [7, 11) is 0. The van der Waals surface area contributed by atoms with Gasteiger partial charge in [0, 0.05) is 11.6 Å². The van der Waals surface area contributed by atoms with E-state index < -0.39 is 0 Å². The summed E-state index contributed by atoms with van der Waals surface area (Å²) in [4.78, 5) is 9.04. The highest BCUT2D eigenvalue weighted by atomic mass is 35.5. The molecule has 0 aliphatic heterocycles. The highest BCUT2D eigenvalue weighted by Crippen LogP contribution is 2.37. The maximum Gasteiger partial charge on any atom is 0.133 e. The molecular weight excluding hydrogens is 220 g/mol. The molecule has 88 valence electrons. The minimum Gasteiger partial charge on any atom is -0.237 e. The van der Waals surface area contributed by atoms with Gasteiger partial charge in [0.2, 0.25) is 0 Å². The average molecular weight is 239 g/mol. The third-order valence-corrected chi connectivity index (χ3v) is 3.58. The van der Waals surface area contributed by atoms with Crippen molar-refractivity contribution in [1.82, 2.24) is 9.97 Å². The van der Waals surface area contributed by atoms with Gasteiger partial charge < -0.3 is 0 Å². The molecule has 1 aliphatic rings. The fraction of sp³-hybridized carbons (Fsp3) is 0.692. The zero-order valence-electron chi connectivity index (χ0n) is 10.2. The second-order valence-electron chi connectivity index (χ2n) is 5.24. The normalized spacial score (nSPS) is 25.3. The van der Waals surface area contributed by atoms with Crippen molar-refractivity contribution in [3.63, 3.8) is 0 Å². The molecule has 0 aromatic carbocycles. The van der Waals surface area contributed by atoms with Crippen LogP contribution in [0.25, 0.3) is 0 Å². The lowest BCUT2D eigenvalue weighted by molar-refractivity contribution is 0.582. The molecule has 1 aromatic rings. The predicted octanol–water partition coefficient (Wildman–Crippen LogP) is 4.16. The zero-order chi connectivity index (χ0) is 11.7. The maximum atomic E-state index is 6.06. The van der Waals surface area contributed by atoms with Crippen molar-refractivity contribution in [3.8, 4) is 0 Å². The number of hydrogen-bond donors (Lipinski definition) is 0.